The van der Waals surface area contributed by atoms with Crippen molar-refractivity contribution in [2.45, 2.75) is 19.9 Å². The highest BCUT2D eigenvalue weighted by Crippen LogP contribution is 2.24. The van der Waals surface area contributed by atoms with Gasteiger partial charge in [-0.3, -0.25) is 4.68 Å². The van der Waals surface area contributed by atoms with Crippen molar-refractivity contribution < 1.29 is 0 Å². The second-order valence-electron chi connectivity index (χ2n) is 5.18. The molecule has 0 spiro atoms. The second kappa shape index (κ2) is 5.48. The molecule has 2 aromatic carbocycles. The van der Waals surface area contributed by atoms with Gasteiger partial charge in [-0.15, -0.1) is 0 Å². The van der Waals surface area contributed by atoms with Gasteiger partial charge in [0.15, 0.2) is 0 Å². The Morgan fingerprint density at radius 1 is 1.14 bits per heavy atom. The van der Waals surface area contributed by atoms with Gasteiger partial charge in [-0.05, 0) is 22.8 Å². The summed E-state index contributed by atoms with van der Waals surface area (Å²) in [7, 11) is 1.92. The van der Waals surface area contributed by atoms with Gasteiger partial charge in [0, 0.05) is 13.6 Å². The van der Waals surface area contributed by atoms with Crippen LogP contribution in [0.1, 0.15) is 18.2 Å². The van der Waals surface area contributed by atoms with Crippen LogP contribution in [-0.2, 0) is 20.0 Å². The van der Waals surface area contributed by atoms with Crippen LogP contribution >= 0.6 is 0 Å². The summed E-state index contributed by atoms with van der Waals surface area (Å²) >= 11 is 0. The number of fused-ring (bicyclic) bond motifs is 1. The van der Waals surface area contributed by atoms with Gasteiger partial charge in [0.05, 0.1) is 11.4 Å². The zero-order valence-electron chi connectivity index (χ0n) is 12.4. The SMILES string of the molecule is CCc1nn(C)c(NCc2cccc3ccccc23)c1N. The van der Waals surface area contributed by atoms with Crippen LogP contribution in [0.25, 0.3) is 10.8 Å². The summed E-state index contributed by atoms with van der Waals surface area (Å²) in [6.07, 6.45) is 0.843. The molecule has 0 aliphatic rings. The third kappa shape index (κ3) is 2.44. The first kappa shape index (κ1) is 13.5. The number of nitrogens with zero attached hydrogens (tertiary/aromatic N) is 2. The first-order valence-electron chi connectivity index (χ1n) is 7.22. The van der Waals surface area contributed by atoms with Gasteiger partial charge in [-0.1, -0.05) is 49.4 Å². The summed E-state index contributed by atoms with van der Waals surface area (Å²) in [5.74, 6) is 0.889. The fraction of sp³-hybridized carbons (Fsp3) is 0.235. The summed E-state index contributed by atoms with van der Waals surface area (Å²) in [5, 5.41) is 10.4. The molecule has 0 unspecified atom stereocenters. The van der Waals surface area contributed by atoms with Gasteiger partial charge in [0.2, 0.25) is 0 Å². The van der Waals surface area contributed by atoms with Crippen LogP contribution in [0.5, 0.6) is 0 Å². The third-order valence-electron chi connectivity index (χ3n) is 3.82. The molecule has 1 aromatic heterocycles. The Kier molecular flexibility index (Phi) is 3.52. The van der Waals surface area contributed by atoms with Gasteiger partial charge >= 0.3 is 0 Å². The van der Waals surface area contributed by atoms with E-state index in [1.165, 1.54) is 16.3 Å². The van der Waals surface area contributed by atoms with Crippen molar-refractivity contribution in [2.75, 3.05) is 11.1 Å². The number of anilines is 2. The van der Waals surface area contributed by atoms with E-state index < -0.39 is 0 Å². The highest BCUT2D eigenvalue weighted by Gasteiger charge is 2.11. The Morgan fingerprint density at radius 3 is 2.67 bits per heavy atom. The Hall–Kier alpha value is -2.49. The van der Waals surface area contributed by atoms with Crippen LogP contribution in [0.15, 0.2) is 42.5 Å². The quantitative estimate of drug-likeness (QED) is 0.770. The number of rotatable bonds is 4. The van der Waals surface area contributed by atoms with Crippen molar-refractivity contribution in [1.29, 1.82) is 0 Å². The van der Waals surface area contributed by atoms with Gasteiger partial charge in [0.25, 0.3) is 0 Å². The number of nitrogens with two attached hydrogens (primary N) is 1. The van der Waals surface area contributed by atoms with Gasteiger partial charge < -0.3 is 11.1 Å². The van der Waals surface area contributed by atoms with E-state index >= 15 is 0 Å². The largest absolute Gasteiger partial charge is 0.394 e. The van der Waals surface area contributed by atoms with E-state index in [4.69, 9.17) is 5.73 Å². The third-order valence-corrected chi connectivity index (χ3v) is 3.82. The molecule has 0 aliphatic heterocycles. The molecule has 4 heteroatoms. The predicted octanol–water partition coefficient (Wildman–Crippen LogP) is 3.33. The van der Waals surface area contributed by atoms with E-state index in [-0.39, 0.29) is 0 Å². The van der Waals surface area contributed by atoms with E-state index in [1.54, 1.807) is 0 Å². The highest BCUT2D eigenvalue weighted by molar-refractivity contribution is 5.85. The number of hydrogen-bond donors (Lipinski definition) is 2. The minimum absolute atomic E-state index is 0.730. The summed E-state index contributed by atoms with van der Waals surface area (Å²) in [5.41, 5.74) is 9.09. The molecule has 0 bridgehead atoms. The zero-order chi connectivity index (χ0) is 14.8. The molecule has 4 nitrogen and oxygen atoms in total. The van der Waals surface area contributed by atoms with Crippen molar-refractivity contribution in [3.8, 4) is 0 Å². The highest BCUT2D eigenvalue weighted by atomic mass is 15.3. The van der Waals surface area contributed by atoms with Crippen molar-refractivity contribution in [1.82, 2.24) is 9.78 Å². The average Bonchev–Trinajstić information content (AvgIpc) is 2.79. The van der Waals surface area contributed by atoms with Crippen LogP contribution in [0.3, 0.4) is 0 Å². The number of benzene rings is 2. The van der Waals surface area contributed by atoms with E-state index in [0.29, 0.717) is 0 Å². The topological polar surface area (TPSA) is 55.9 Å². The van der Waals surface area contributed by atoms with Gasteiger partial charge in [-0.25, -0.2) is 0 Å². The molecule has 0 aliphatic carbocycles. The summed E-state index contributed by atoms with van der Waals surface area (Å²) in [6, 6.07) is 14.8. The van der Waals surface area contributed by atoms with Crippen LogP contribution in [0.4, 0.5) is 11.5 Å². The molecule has 21 heavy (non-hydrogen) atoms. The molecular formula is C17H20N4. The smallest absolute Gasteiger partial charge is 0.148 e. The summed E-state index contributed by atoms with van der Waals surface area (Å²) in [6.45, 7) is 2.79. The Balaban J connectivity index is 1.89. The molecule has 0 saturated carbocycles. The van der Waals surface area contributed by atoms with Crippen LogP contribution in [-0.4, -0.2) is 9.78 Å². The molecule has 1 heterocycles. The fourth-order valence-corrected chi connectivity index (χ4v) is 2.69. The van der Waals surface area contributed by atoms with Crippen LogP contribution in [0, 0.1) is 0 Å². The summed E-state index contributed by atoms with van der Waals surface area (Å²) < 4.78 is 1.82. The molecule has 3 N–H and O–H groups in total. The molecule has 0 atom stereocenters. The maximum Gasteiger partial charge on any atom is 0.148 e. The molecule has 0 saturated heterocycles. The molecule has 0 fully saturated rings. The monoisotopic (exact) mass is 280 g/mol. The minimum atomic E-state index is 0.730. The van der Waals surface area contributed by atoms with E-state index in [9.17, 15) is 0 Å². The molecule has 0 amide bonds. The maximum atomic E-state index is 6.15. The maximum absolute atomic E-state index is 6.15. The van der Waals surface area contributed by atoms with Crippen molar-refractivity contribution in [3.05, 3.63) is 53.7 Å². The van der Waals surface area contributed by atoms with Gasteiger partial charge in [-0.2, -0.15) is 5.10 Å². The van der Waals surface area contributed by atoms with Crippen molar-refractivity contribution in [2.24, 2.45) is 7.05 Å². The molecule has 3 rings (SSSR count). The lowest BCUT2D eigenvalue weighted by Gasteiger charge is -2.10. The zero-order valence-corrected chi connectivity index (χ0v) is 12.4. The van der Waals surface area contributed by atoms with E-state index in [2.05, 4.69) is 59.8 Å². The number of nitrogens with one attached hydrogen (secondary N) is 1. The summed E-state index contributed by atoms with van der Waals surface area (Å²) in [4.78, 5) is 0. The molecular weight excluding hydrogens is 260 g/mol. The van der Waals surface area contributed by atoms with E-state index in [0.717, 1.165) is 30.2 Å². The fourth-order valence-electron chi connectivity index (χ4n) is 2.69. The average molecular weight is 280 g/mol. The number of aryl methyl sites for hydroxylation is 2. The predicted molar refractivity (Wildman–Crippen MR) is 88.3 cm³/mol. The number of aromatic nitrogens is 2. The van der Waals surface area contributed by atoms with Crippen LogP contribution < -0.4 is 11.1 Å². The minimum Gasteiger partial charge on any atom is -0.394 e. The normalized spacial score (nSPS) is 11.0. The Labute approximate surface area is 124 Å². The first-order chi connectivity index (χ1) is 10.2. The molecule has 108 valence electrons. The van der Waals surface area contributed by atoms with Gasteiger partial charge in [0.1, 0.15) is 5.82 Å². The Bertz CT molecular complexity index is 768. The number of hydrogen-bond acceptors (Lipinski definition) is 3. The second-order valence-corrected chi connectivity index (χ2v) is 5.18. The number of nitrogen functional groups attached to an aromatic ring is 1. The molecule has 3 aromatic rings. The van der Waals surface area contributed by atoms with Crippen molar-refractivity contribution >= 4 is 22.3 Å². The van der Waals surface area contributed by atoms with Crippen LogP contribution in [0.2, 0.25) is 0 Å². The van der Waals surface area contributed by atoms with E-state index in [1.807, 2.05) is 11.7 Å². The first-order valence-corrected chi connectivity index (χ1v) is 7.22. The lowest BCUT2D eigenvalue weighted by molar-refractivity contribution is 0.748. The standard InChI is InChI=1S/C17H20N4/c1-3-15-16(18)17(21(2)20-15)19-11-13-9-6-8-12-7-4-5-10-14(12)13/h4-10,19H,3,11,18H2,1-2H3. The Morgan fingerprint density at radius 2 is 1.90 bits per heavy atom. The van der Waals surface area contributed by atoms with Crippen molar-refractivity contribution in [3.63, 3.8) is 0 Å². The lowest BCUT2D eigenvalue weighted by Crippen LogP contribution is -2.06. The molecule has 0 radical (unpaired) electrons. The lowest BCUT2D eigenvalue weighted by atomic mass is 10.0.